The fourth-order valence-corrected chi connectivity index (χ4v) is 2.39. The number of fused-ring (bicyclic) bond motifs is 3. The number of benzene rings is 2. The molecular formula is C14H14N2. The normalized spacial score (nSPS) is 11.4. The van der Waals surface area contributed by atoms with Crippen LogP contribution in [0.2, 0.25) is 0 Å². The molecule has 3 aromatic rings. The predicted molar refractivity (Wildman–Crippen MR) is 69.7 cm³/mol. The molecule has 2 nitrogen and oxygen atoms in total. The van der Waals surface area contributed by atoms with Crippen LogP contribution in [-0.2, 0) is 0 Å². The van der Waals surface area contributed by atoms with Crippen molar-refractivity contribution in [3.63, 3.8) is 0 Å². The molecule has 0 aliphatic rings. The van der Waals surface area contributed by atoms with Gasteiger partial charge < -0.3 is 10.7 Å². The Morgan fingerprint density at radius 2 is 1.88 bits per heavy atom. The van der Waals surface area contributed by atoms with E-state index < -0.39 is 0 Å². The third-order valence-corrected chi connectivity index (χ3v) is 3.28. The zero-order valence-electron chi connectivity index (χ0n) is 9.46. The number of hydrogen-bond acceptors (Lipinski definition) is 1. The summed E-state index contributed by atoms with van der Waals surface area (Å²) in [5.74, 6) is 0. The summed E-state index contributed by atoms with van der Waals surface area (Å²) in [7, 11) is 0. The quantitative estimate of drug-likeness (QED) is 0.548. The summed E-state index contributed by atoms with van der Waals surface area (Å²) in [6.07, 6.45) is 0. The fourth-order valence-electron chi connectivity index (χ4n) is 2.39. The minimum atomic E-state index is 0.870. The van der Waals surface area contributed by atoms with Crippen molar-refractivity contribution in [1.82, 2.24) is 4.98 Å². The Morgan fingerprint density at radius 1 is 1.12 bits per heavy atom. The summed E-state index contributed by atoms with van der Waals surface area (Å²) in [5, 5.41) is 2.51. The highest BCUT2D eigenvalue weighted by molar-refractivity contribution is 6.11. The Balaban J connectivity index is 2.66. The van der Waals surface area contributed by atoms with Crippen LogP contribution in [0.1, 0.15) is 11.1 Å². The van der Waals surface area contributed by atoms with Gasteiger partial charge in [-0.1, -0.05) is 18.2 Å². The first-order valence-corrected chi connectivity index (χ1v) is 5.44. The number of para-hydroxylation sites is 1. The van der Waals surface area contributed by atoms with Crippen LogP contribution >= 0.6 is 0 Å². The van der Waals surface area contributed by atoms with Crippen LogP contribution in [0.4, 0.5) is 5.69 Å². The van der Waals surface area contributed by atoms with Crippen molar-refractivity contribution in [2.45, 2.75) is 13.8 Å². The molecule has 0 amide bonds. The third kappa shape index (κ3) is 1.07. The molecule has 1 aromatic heterocycles. The van der Waals surface area contributed by atoms with Gasteiger partial charge in [0.15, 0.2) is 0 Å². The van der Waals surface area contributed by atoms with Crippen molar-refractivity contribution in [3.05, 3.63) is 41.5 Å². The van der Waals surface area contributed by atoms with Crippen LogP contribution in [0.25, 0.3) is 21.8 Å². The molecule has 0 radical (unpaired) electrons. The monoisotopic (exact) mass is 210 g/mol. The van der Waals surface area contributed by atoms with E-state index in [1.807, 2.05) is 12.1 Å². The van der Waals surface area contributed by atoms with Crippen LogP contribution in [0.3, 0.4) is 0 Å². The number of nitrogens with two attached hydrogens (primary N) is 1. The van der Waals surface area contributed by atoms with E-state index in [0.29, 0.717) is 0 Å². The minimum absolute atomic E-state index is 0.870. The summed E-state index contributed by atoms with van der Waals surface area (Å²) in [5.41, 5.74) is 11.6. The van der Waals surface area contributed by atoms with Gasteiger partial charge in [0.05, 0.1) is 0 Å². The van der Waals surface area contributed by atoms with Gasteiger partial charge in [0.2, 0.25) is 0 Å². The van der Waals surface area contributed by atoms with E-state index in [4.69, 9.17) is 5.73 Å². The van der Waals surface area contributed by atoms with Gasteiger partial charge in [-0.2, -0.15) is 0 Å². The Kier molecular flexibility index (Phi) is 1.75. The van der Waals surface area contributed by atoms with Crippen LogP contribution in [0.5, 0.6) is 0 Å². The van der Waals surface area contributed by atoms with Crippen molar-refractivity contribution >= 4 is 27.5 Å². The lowest BCUT2D eigenvalue weighted by Gasteiger charge is -2.05. The zero-order valence-corrected chi connectivity index (χ0v) is 9.46. The van der Waals surface area contributed by atoms with Gasteiger partial charge in [-0.15, -0.1) is 0 Å². The Hall–Kier alpha value is -1.96. The summed E-state index contributed by atoms with van der Waals surface area (Å²) in [6, 6.07) is 10.4. The average molecular weight is 210 g/mol. The molecular weight excluding hydrogens is 196 g/mol. The zero-order chi connectivity index (χ0) is 11.3. The molecule has 0 bridgehead atoms. The molecule has 3 N–H and O–H groups in total. The number of nitrogen functional groups attached to an aromatic ring is 1. The van der Waals surface area contributed by atoms with Gasteiger partial charge in [0.25, 0.3) is 0 Å². The van der Waals surface area contributed by atoms with Crippen LogP contribution < -0.4 is 5.73 Å². The first kappa shape index (κ1) is 9.28. The van der Waals surface area contributed by atoms with Gasteiger partial charge in [-0.05, 0) is 37.1 Å². The molecule has 0 spiro atoms. The van der Waals surface area contributed by atoms with E-state index in [2.05, 4.69) is 37.0 Å². The highest BCUT2D eigenvalue weighted by atomic mass is 14.7. The van der Waals surface area contributed by atoms with Gasteiger partial charge in [0, 0.05) is 27.5 Å². The van der Waals surface area contributed by atoms with Crippen molar-refractivity contribution in [1.29, 1.82) is 0 Å². The second-order valence-electron chi connectivity index (χ2n) is 4.33. The second kappa shape index (κ2) is 3.01. The Labute approximate surface area is 94.1 Å². The summed E-state index contributed by atoms with van der Waals surface area (Å²) in [6.45, 7) is 4.17. The molecule has 2 heteroatoms. The second-order valence-corrected chi connectivity index (χ2v) is 4.33. The number of rotatable bonds is 0. The van der Waals surface area contributed by atoms with E-state index in [1.54, 1.807) is 0 Å². The molecule has 0 fully saturated rings. The molecule has 2 aromatic carbocycles. The third-order valence-electron chi connectivity index (χ3n) is 3.28. The number of aromatic nitrogens is 1. The van der Waals surface area contributed by atoms with E-state index in [-0.39, 0.29) is 0 Å². The van der Waals surface area contributed by atoms with Gasteiger partial charge in [-0.3, -0.25) is 0 Å². The number of anilines is 1. The van der Waals surface area contributed by atoms with Gasteiger partial charge in [0.1, 0.15) is 0 Å². The molecule has 3 rings (SSSR count). The SMILES string of the molecule is Cc1cc(N)c(C)c2c1[nH]c1ccccc12. The minimum Gasteiger partial charge on any atom is -0.398 e. The van der Waals surface area contributed by atoms with Crippen LogP contribution in [-0.4, -0.2) is 4.98 Å². The standard InChI is InChI=1S/C14H14N2/c1-8-7-11(15)9(2)13-10-5-3-4-6-12(10)16-14(8)13/h3-7,16H,15H2,1-2H3. The first-order chi connectivity index (χ1) is 7.68. The van der Waals surface area contributed by atoms with Crippen molar-refractivity contribution < 1.29 is 0 Å². The largest absolute Gasteiger partial charge is 0.398 e. The number of nitrogens with one attached hydrogen (secondary N) is 1. The van der Waals surface area contributed by atoms with Crippen molar-refractivity contribution in [3.8, 4) is 0 Å². The lowest BCUT2D eigenvalue weighted by atomic mass is 10.0. The summed E-state index contributed by atoms with van der Waals surface area (Å²) < 4.78 is 0. The lowest BCUT2D eigenvalue weighted by Crippen LogP contribution is -1.91. The first-order valence-electron chi connectivity index (χ1n) is 5.44. The Morgan fingerprint density at radius 3 is 2.69 bits per heavy atom. The van der Waals surface area contributed by atoms with Gasteiger partial charge in [-0.25, -0.2) is 0 Å². The highest BCUT2D eigenvalue weighted by Crippen LogP contribution is 2.33. The van der Waals surface area contributed by atoms with E-state index in [0.717, 1.165) is 11.3 Å². The molecule has 0 atom stereocenters. The maximum Gasteiger partial charge on any atom is 0.0498 e. The van der Waals surface area contributed by atoms with Crippen molar-refractivity contribution in [2.75, 3.05) is 5.73 Å². The number of aromatic amines is 1. The average Bonchev–Trinajstić information content (AvgIpc) is 2.66. The fraction of sp³-hybridized carbons (Fsp3) is 0.143. The molecule has 1 heterocycles. The maximum absolute atomic E-state index is 6.02. The highest BCUT2D eigenvalue weighted by Gasteiger charge is 2.10. The molecule has 0 saturated carbocycles. The molecule has 0 aliphatic carbocycles. The maximum atomic E-state index is 6.02. The molecule has 0 saturated heterocycles. The van der Waals surface area contributed by atoms with Crippen molar-refractivity contribution in [2.24, 2.45) is 0 Å². The van der Waals surface area contributed by atoms with Crippen LogP contribution in [0.15, 0.2) is 30.3 Å². The molecule has 16 heavy (non-hydrogen) atoms. The van der Waals surface area contributed by atoms with E-state index in [9.17, 15) is 0 Å². The van der Waals surface area contributed by atoms with E-state index >= 15 is 0 Å². The molecule has 0 unspecified atom stereocenters. The summed E-state index contributed by atoms with van der Waals surface area (Å²) in [4.78, 5) is 3.46. The smallest absolute Gasteiger partial charge is 0.0498 e. The lowest BCUT2D eigenvalue weighted by molar-refractivity contribution is 1.42. The van der Waals surface area contributed by atoms with E-state index in [1.165, 1.54) is 27.4 Å². The number of hydrogen-bond donors (Lipinski definition) is 2. The van der Waals surface area contributed by atoms with Crippen LogP contribution in [0, 0.1) is 13.8 Å². The number of H-pyrrole nitrogens is 1. The predicted octanol–water partition coefficient (Wildman–Crippen LogP) is 3.52. The molecule has 0 aliphatic heterocycles. The topological polar surface area (TPSA) is 41.8 Å². The van der Waals surface area contributed by atoms with Gasteiger partial charge >= 0.3 is 0 Å². The molecule has 80 valence electrons. The number of aryl methyl sites for hydroxylation is 2. The summed E-state index contributed by atoms with van der Waals surface area (Å²) >= 11 is 0. The Bertz CT molecular complexity index is 693.